The molecular formula is C29H27BN4O6. The van der Waals surface area contributed by atoms with E-state index in [0.717, 1.165) is 0 Å². The molecule has 3 amide bonds. The molecule has 1 atom stereocenters. The highest BCUT2D eigenvalue weighted by Crippen LogP contribution is 2.27. The molecule has 10 nitrogen and oxygen atoms in total. The van der Waals surface area contributed by atoms with Crippen molar-refractivity contribution in [2.75, 3.05) is 25.0 Å². The van der Waals surface area contributed by atoms with Gasteiger partial charge in [0.1, 0.15) is 0 Å². The molecule has 40 heavy (non-hydrogen) atoms. The Morgan fingerprint density at radius 1 is 0.900 bits per heavy atom. The van der Waals surface area contributed by atoms with Gasteiger partial charge in [-0.15, -0.1) is 0 Å². The summed E-state index contributed by atoms with van der Waals surface area (Å²) < 4.78 is 0. The molecule has 0 saturated carbocycles. The maximum atomic E-state index is 13.3. The van der Waals surface area contributed by atoms with Crippen LogP contribution >= 0.6 is 0 Å². The van der Waals surface area contributed by atoms with E-state index in [-0.39, 0.29) is 29.5 Å². The number of rotatable bonds is 6. The summed E-state index contributed by atoms with van der Waals surface area (Å²) in [7, 11) is -1.63. The van der Waals surface area contributed by atoms with E-state index in [9.17, 15) is 29.2 Å². The van der Waals surface area contributed by atoms with Crippen LogP contribution in [0.5, 0.6) is 0 Å². The molecule has 0 radical (unpaired) electrons. The van der Waals surface area contributed by atoms with Gasteiger partial charge in [0, 0.05) is 48.4 Å². The number of aromatic amines is 1. The van der Waals surface area contributed by atoms with Crippen molar-refractivity contribution in [1.82, 2.24) is 14.8 Å². The van der Waals surface area contributed by atoms with Gasteiger partial charge in [-0.05, 0) is 42.7 Å². The van der Waals surface area contributed by atoms with Crippen LogP contribution in [0.3, 0.4) is 0 Å². The van der Waals surface area contributed by atoms with Crippen LogP contribution in [0.25, 0.3) is 10.9 Å². The Hall–Kier alpha value is -4.74. The highest BCUT2D eigenvalue weighted by molar-refractivity contribution is 6.58. The number of piperazine rings is 1. The standard InChI is InChI=1S/C29H27BN4O6/c1-18-17-33(28(37)20-6-3-2-4-7-20)14-15-34(18)29(38)26(35)23-16-31-25-22(23)8-5-9-24(25)32-27(36)19-10-12-21(13-11-19)30(39)40/h2-13,16,18,31,39-40H,14-15,17H2,1H3,(H,32,36)/t18-/m1/s1. The van der Waals surface area contributed by atoms with Crippen molar-refractivity contribution in [3.63, 3.8) is 0 Å². The average molecular weight is 538 g/mol. The second-order valence-corrected chi connectivity index (χ2v) is 9.67. The molecule has 1 fully saturated rings. The minimum absolute atomic E-state index is 0.112. The summed E-state index contributed by atoms with van der Waals surface area (Å²) in [4.78, 5) is 58.4. The largest absolute Gasteiger partial charge is 0.488 e. The first-order valence-electron chi connectivity index (χ1n) is 12.8. The van der Waals surface area contributed by atoms with Gasteiger partial charge < -0.3 is 30.1 Å². The average Bonchev–Trinajstić information content (AvgIpc) is 3.41. The fourth-order valence-electron chi connectivity index (χ4n) is 4.90. The number of carbonyl (C=O) groups excluding carboxylic acids is 4. The second-order valence-electron chi connectivity index (χ2n) is 9.67. The molecule has 4 N–H and O–H groups in total. The smallest absolute Gasteiger partial charge is 0.423 e. The third-order valence-corrected chi connectivity index (χ3v) is 7.07. The lowest BCUT2D eigenvalue weighted by Gasteiger charge is -2.39. The zero-order chi connectivity index (χ0) is 28.4. The third-order valence-electron chi connectivity index (χ3n) is 7.07. The van der Waals surface area contributed by atoms with Crippen LogP contribution in [0.1, 0.15) is 38.0 Å². The van der Waals surface area contributed by atoms with Crippen LogP contribution in [0.4, 0.5) is 5.69 Å². The van der Waals surface area contributed by atoms with Crippen molar-refractivity contribution in [2.45, 2.75) is 13.0 Å². The molecule has 0 unspecified atom stereocenters. The molecule has 1 saturated heterocycles. The first-order valence-corrected chi connectivity index (χ1v) is 12.8. The Labute approximate surface area is 230 Å². The van der Waals surface area contributed by atoms with Gasteiger partial charge in [-0.2, -0.15) is 0 Å². The fraction of sp³-hybridized carbons (Fsp3) is 0.172. The van der Waals surface area contributed by atoms with E-state index in [2.05, 4.69) is 10.3 Å². The number of anilines is 1. The zero-order valence-corrected chi connectivity index (χ0v) is 21.7. The van der Waals surface area contributed by atoms with E-state index in [0.29, 0.717) is 40.8 Å². The number of hydrogen-bond donors (Lipinski definition) is 4. The number of nitrogens with one attached hydrogen (secondary N) is 2. The number of aromatic nitrogens is 1. The van der Waals surface area contributed by atoms with Gasteiger partial charge in [-0.3, -0.25) is 19.2 Å². The van der Waals surface area contributed by atoms with Crippen LogP contribution in [0.15, 0.2) is 79.0 Å². The van der Waals surface area contributed by atoms with Crippen molar-refractivity contribution >= 4 is 52.7 Å². The van der Waals surface area contributed by atoms with E-state index in [1.54, 1.807) is 47.4 Å². The molecule has 0 spiro atoms. The number of hydrogen-bond acceptors (Lipinski definition) is 6. The first kappa shape index (κ1) is 26.9. The number of fused-ring (bicyclic) bond motifs is 1. The van der Waals surface area contributed by atoms with Gasteiger partial charge in [-0.1, -0.05) is 42.5 Å². The van der Waals surface area contributed by atoms with Crippen molar-refractivity contribution < 1.29 is 29.2 Å². The minimum Gasteiger partial charge on any atom is -0.423 e. The number of benzene rings is 3. The Morgan fingerprint density at radius 2 is 1.62 bits per heavy atom. The SMILES string of the molecule is C[C@@H]1CN(C(=O)c2ccccc2)CCN1C(=O)C(=O)c1c[nH]c2c(NC(=O)c3ccc(B(O)O)cc3)cccc12. The molecular weight excluding hydrogens is 511 g/mol. The van der Waals surface area contributed by atoms with E-state index in [4.69, 9.17) is 0 Å². The molecule has 2 heterocycles. The summed E-state index contributed by atoms with van der Waals surface area (Å²) in [6.07, 6.45) is 1.46. The molecule has 1 aromatic heterocycles. The van der Waals surface area contributed by atoms with Crippen molar-refractivity contribution in [1.29, 1.82) is 0 Å². The van der Waals surface area contributed by atoms with E-state index >= 15 is 0 Å². The van der Waals surface area contributed by atoms with Gasteiger partial charge >= 0.3 is 7.12 Å². The number of amides is 3. The first-order chi connectivity index (χ1) is 19.2. The highest BCUT2D eigenvalue weighted by Gasteiger charge is 2.34. The molecule has 202 valence electrons. The van der Waals surface area contributed by atoms with E-state index in [1.807, 2.05) is 13.0 Å². The Kier molecular flexibility index (Phi) is 7.50. The van der Waals surface area contributed by atoms with Crippen molar-refractivity contribution in [3.05, 3.63) is 95.7 Å². The highest BCUT2D eigenvalue weighted by atomic mass is 16.4. The number of para-hydroxylation sites is 1. The van der Waals surface area contributed by atoms with Crippen LogP contribution in [-0.4, -0.2) is 81.1 Å². The predicted molar refractivity (Wildman–Crippen MR) is 150 cm³/mol. The lowest BCUT2D eigenvalue weighted by molar-refractivity contribution is -0.130. The summed E-state index contributed by atoms with van der Waals surface area (Å²) in [5.41, 5.74) is 2.23. The second kappa shape index (κ2) is 11.2. The van der Waals surface area contributed by atoms with Gasteiger partial charge in [0.25, 0.3) is 23.5 Å². The molecule has 1 aliphatic rings. The van der Waals surface area contributed by atoms with Crippen LogP contribution in [-0.2, 0) is 4.79 Å². The summed E-state index contributed by atoms with van der Waals surface area (Å²) in [6, 6.07) is 19.5. The van der Waals surface area contributed by atoms with Crippen molar-refractivity contribution in [3.8, 4) is 0 Å². The maximum absolute atomic E-state index is 13.3. The minimum atomic E-state index is -1.63. The topological polar surface area (TPSA) is 143 Å². The number of H-pyrrole nitrogens is 1. The van der Waals surface area contributed by atoms with Gasteiger partial charge in [0.15, 0.2) is 0 Å². The Balaban J connectivity index is 1.29. The molecule has 3 aromatic carbocycles. The number of nitrogens with zero attached hydrogens (tertiary/aromatic N) is 2. The molecule has 4 aromatic rings. The number of Topliss-reactive ketones (excluding diaryl/α,β-unsaturated/α-hetero) is 1. The van der Waals surface area contributed by atoms with Gasteiger partial charge in [-0.25, -0.2) is 0 Å². The lowest BCUT2D eigenvalue weighted by Crippen LogP contribution is -2.56. The summed E-state index contributed by atoms with van der Waals surface area (Å²) in [5.74, 6) is -1.87. The monoisotopic (exact) mass is 538 g/mol. The third kappa shape index (κ3) is 5.24. The molecule has 5 rings (SSSR count). The Bertz CT molecular complexity index is 1590. The number of carbonyl (C=O) groups is 4. The number of ketones is 1. The van der Waals surface area contributed by atoms with Gasteiger partial charge in [0.2, 0.25) is 0 Å². The molecule has 0 aliphatic carbocycles. The molecule has 11 heteroatoms. The predicted octanol–water partition coefficient (Wildman–Crippen LogP) is 1.66. The summed E-state index contributed by atoms with van der Waals surface area (Å²) >= 11 is 0. The summed E-state index contributed by atoms with van der Waals surface area (Å²) in [5, 5.41) is 21.8. The Morgan fingerprint density at radius 3 is 2.30 bits per heavy atom. The van der Waals surface area contributed by atoms with E-state index < -0.39 is 24.7 Å². The van der Waals surface area contributed by atoms with Crippen LogP contribution < -0.4 is 10.8 Å². The maximum Gasteiger partial charge on any atom is 0.488 e. The van der Waals surface area contributed by atoms with Crippen LogP contribution in [0, 0.1) is 0 Å². The fourth-order valence-corrected chi connectivity index (χ4v) is 4.90. The van der Waals surface area contributed by atoms with Gasteiger partial charge in [0.05, 0.1) is 16.8 Å². The van der Waals surface area contributed by atoms with Crippen molar-refractivity contribution in [2.24, 2.45) is 0 Å². The zero-order valence-electron chi connectivity index (χ0n) is 21.7. The molecule has 1 aliphatic heterocycles. The lowest BCUT2D eigenvalue weighted by atomic mass is 9.80. The van der Waals surface area contributed by atoms with Crippen LogP contribution in [0.2, 0.25) is 0 Å². The van der Waals surface area contributed by atoms with E-state index in [1.165, 1.54) is 35.4 Å². The summed E-state index contributed by atoms with van der Waals surface area (Å²) in [6.45, 7) is 2.68. The normalized spacial score (nSPS) is 15.1. The molecule has 0 bridgehead atoms. The quantitative estimate of drug-likeness (QED) is 0.167.